The first kappa shape index (κ1) is 12.8. The highest BCUT2D eigenvalue weighted by Gasteiger charge is 2.15. The van der Waals surface area contributed by atoms with Crippen molar-refractivity contribution >= 4 is 11.7 Å². The minimum Gasteiger partial charge on any atom is -0.381 e. The van der Waals surface area contributed by atoms with Crippen molar-refractivity contribution < 1.29 is 9.53 Å². The quantitative estimate of drug-likeness (QED) is 0.821. The number of anilines is 1. The Morgan fingerprint density at radius 1 is 1.50 bits per heavy atom. The summed E-state index contributed by atoms with van der Waals surface area (Å²) in [5, 5.41) is 13.4. The number of aromatic nitrogens is 2. The van der Waals surface area contributed by atoms with Crippen molar-refractivity contribution in [3.63, 3.8) is 0 Å². The summed E-state index contributed by atoms with van der Waals surface area (Å²) in [6.07, 6.45) is 2.17. The molecule has 0 aromatic carbocycles. The Kier molecular flexibility index (Phi) is 4.46. The van der Waals surface area contributed by atoms with E-state index in [1.807, 2.05) is 0 Å². The Morgan fingerprint density at radius 2 is 2.39 bits per heavy atom. The molecule has 6 heteroatoms. The number of carbonyl (C=O) groups excluding carboxylic acids is 1. The molecule has 1 aromatic rings. The third-order valence-corrected chi connectivity index (χ3v) is 2.96. The van der Waals surface area contributed by atoms with Crippen LogP contribution in [0.1, 0.15) is 23.3 Å². The zero-order valence-corrected chi connectivity index (χ0v) is 10.5. The molecule has 0 saturated carbocycles. The lowest BCUT2D eigenvalue weighted by atomic mass is 10.0. The molecule has 1 aromatic heterocycles. The molecule has 2 rings (SSSR count). The number of carbonyl (C=O) groups is 1. The molecular weight excluding hydrogens is 232 g/mol. The summed E-state index contributed by atoms with van der Waals surface area (Å²) >= 11 is 0. The molecule has 0 bridgehead atoms. The van der Waals surface area contributed by atoms with E-state index in [2.05, 4.69) is 20.8 Å². The van der Waals surface area contributed by atoms with Crippen LogP contribution in [0.25, 0.3) is 0 Å². The molecule has 1 aliphatic rings. The Morgan fingerprint density at radius 3 is 3.00 bits per heavy atom. The Hall–Kier alpha value is -1.69. The van der Waals surface area contributed by atoms with E-state index in [1.165, 1.54) is 0 Å². The van der Waals surface area contributed by atoms with Crippen LogP contribution in [-0.4, -0.2) is 42.9 Å². The van der Waals surface area contributed by atoms with Gasteiger partial charge in [0.15, 0.2) is 5.69 Å². The highest BCUT2D eigenvalue weighted by molar-refractivity contribution is 5.92. The summed E-state index contributed by atoms with van der Waals surface area (Å²) < 4.78 is 5.36. The second-order valence-electron chi connectivity index (χ2n) is 4.35. The van der Waals surface area contributed by atoms with Gasteiger partial charge in [-0.1, -0.05) is 0 Å². The molecule has 2 heterocycles. The molecule has 98 valence electrons. The summed E-state index contributed by atoms with van der Waals surface area (Å²) in [6, 6.07) is 3.39. The lowest BCUT2D eigenvalue weighted by Crippen LogP contribution is -2.33. The zero-order valence-electron chi connectivity index (χ0n) is 10.5. The van der Waals surface area contributed by atoms with Crippen LogP contribution >= 0.6 is 0 Å². The van der Waals surface area contributed by atoms with Gasteiger partial charge in [-0.2, -0.15) is 0 Å². The molecule has 2 N–H and O–H groups in total. The van der Waals surface area contributed by atoms with Gasteiger partial charge in [0, 0.05) is 20.2 Å². The number of hydrogen-bond acceptors (Lipinski definition) is 5. The largest absolute Gasteiger partial charge is 0.381 e. The molecule has 1 atom stereocenters. The smallest absolute Gasteiger partial charge is 0.271 e. The van der Waals surface area contributed by atoms with Crippen molar-refractivity contribution in [3.8, 4) is 0 Å². The average Bonchev–Trinajstić information content (AvgIpc) is 2.46. The van der Waals surface area contributed by atoms with Gasteiger partial charge in [-0.15, -0.1) is 10.2 Å². The van der Waals surface area contributed by atoms with Gasteiger partial charge < -0.3 is 15.4 Å². The van der Waals surface area contributed by atoms with E-state index in [0.29, 0.717) is 24.0 Å². The maximum absolute atomic E-state index is 11.8. The molecule has 1 saturated heterocycles. The van der Waals surface area contributed by atoms with Crippen LogP contribution in [0.4, 0.5) is 5.82 Å². The fraction of sp³-hybridized carbons (Fsp3) is 0.583. The molecule has 18 heavy (non-hydrogen) atoms. The van der Waals surface area contributed by atoms with Crippen molar-refractivity contribution in [2.45, 2.75) is 12.8 Å². The average molecular weight is 250 g/mol. The fourth-order valence-electron chi connectivity index (χ4n) is 1.88. The third kappa shape index (κ3) is 3.40. The van der Waals surface area contributed by atoms with Gasteiger partial charge in [-0.05, 0) is 30.9 Å². The number of nitrogens with one attached hydrogen (secondary N) is 2. The molecule has 6 nitrogen and oxygen atoms in total. The topological polar surface area (TPSA) is 76.1 Å². The minimum absolute atomic E-state index is 0.185. The highest BCUT2D eigenvalue weighted by Crippen LogP contribution is 2.12. The maximum Gasteiger partial charge on any atom is 0.271 e. The van der Waals surface area contributed by atoms with Crippen LogP contribution < -0.4 is 10.6 Å². The van der Waals surface area contributed by atoms with E-state index in [4.69, 9.17) is 4.74 Å². The first-order valence-electron chi connectivity index (χ1n) is 6.17. The van der Waals surface area contributed by atoms with E-state index in [0.717, 1.165) is 26.1 Å². The van der Waals surface area contributed by atoms with Gasteiger partial charge in [-0.25, -0.2) is 0 Å². The Bertz CT molecular complexity index is 388. The SMILES string of the molecule is CNc1ccc(C(=O)NCC2CCCOC2)nn1. The number of ether oxygens (including phenoxy) is 1. The van der Waals surface area contributed by atoms with E-state index in [-0.39, 0.29) is 5.91 Å². The summed E-state index contributed by atoms with van der Waals surface area (Å²) in [5.74, 6) is 0.871. The first-order chi connectivity index (χ1) is 8.79. The summed E-state index contributed by atoms with van der Waals surface area (Å²) in [5.41, 5.74) is 0.339. The summed E-state index contributed by atoms with van der Waals surface area (Å²) in [4.78, 5) is 11.8. The van der Waals surface area contributed by atoms with Crippen molar-refractivity contribution in [1.29, 1.82) is 0 Å². The van der Waals surface area contributed by atoms with E-state index in [9.17, 15) is 4.79 Å². The third-order valence-electron chi connectivity index (χ3n) is 2.96. The molecule has 1 aliphatic heterocycles. The summed E-state index contributed by atoms with van der Waals surface area (Å²) in [7, 11) is 1.76. The van der Waals surface area contributed by atoms with Crippen molar-refractivity contribution in [2.75, 3.05) is 32.1 Å². The minimum atomic E-state index is -0.185. The maximum atomic E-state index is 11.8. The number of rotatable bonds is 4. The molecule has 1 amide bonds. The second-order valence-corrected chi connectivity index (χ2v) is 4.35. The van der Waals surface area contributed by atoms with Crippen LogP contribution in [0.2, 0.25) is 0 Å². The molecular formula is C12H18N4O2. The van der Waals surface area contributed by atoms with Crippen LogP contribution in [-0.2, 0) is 4.74 Å². The Labute approximate surface area is 106 Å². The molecule has 0 radical (unpaired) electrons. The second kappa shape index (κ2) is 6.30. The molecule has 1 fully saturated rings. The summed E-state index contributed by atoms with van der Waals surface area (Å²) in [6.45, 7) is 2.19. The van der Waals surface area contributed by atoms with Crippen molar-refractivity contribution in [1.82, 2.24) is 15.5 Å². The van der Waals surface area contributed by atoms with E-state index in [1.54, 1.807) is 19.2 Å². The lowest BCUT2D eigenvalue weighted by molar-refractivity contribution is 0.0535. The van der Waals surface area contributed by atoms with Gasteiger partial charge in [0.2, 0.25) is 0 Å². The molecule has 0 aliphatic carbocycles. The van der Waals surface area contributed by atoms with E-state index >= 15 is 0 Å². The molecule has 0 spiro atoms. The van der Waals surface area contributed by atoms with Gasteiger partial charge in [0.1, 0.15) is 5.82 Å². The number of amides is 1. The zero-order chi connectivity index (χ0) is 12.8. The van der Waals surface area contributed by atoms with Gasteiger partial charge in [0.25, 0.3) is 5.91 Å². The normalized spacial score (nSPS) is 19.3. The van der Waals surface area contributed by atoms with Crippen LogP contribution in [0, 0.1) is 5.92 Å². The van der Waals surface area contributed by atoms with Gasteiger partial charge in [0.05, 0.1) is 6.61 Å². The standard InChI is InChI=1S/C12H18N4O2/c1-13-11-5-4-10(15-16-11)12(17)14-7-9-3-2-6-18-8-9/h4-5,9H,2-3,6-8H2,1H3,(H,13,16)(H,14,17). The predicted octanol–water partition coefficient (Wildman–Crippen LogP) is 0.675. The van der Waals surface area contributed by atoms with Crippen LogP contribution in [0.15, 0.2) is 12.1 Å². The molecule has 1 unspecified atom stereocenters. The number of hydrogen-bond donors (Lipinski definition) is 2. The fourth-order valence-corrected chi connectivity index (χ4v) is 1.88. The highest BCUT2D eigenvalue weighted by atomic mass is 16.5. The van der Waals surface area contributed by atoms with Gasteiger partial charge >= 0.3 is 0 Å². The van der Waals surface area contributed by atoms with Crippen molar-refractivity contribution in [2.24, 2.45) is 5.92 Å². The monoisotopic (exact) mass is 250 g/mol. The van der Waals surface area contributed by atoms with Crippen LogP contribution in [0.3, 0.4) is 0 Å². The van der Waals surface area contributed by atoms with Gasteiger partial charge in [-0.3, -0.25) is 4.79 Å². The van der Waals surface area contributed by atoms with E-state index < -0.39 is 0 Å². The lowest BCUT2D eigenvalue weighted by Gasteiger charge is -2.21. The first-order valence-corrected chi connectivity index (χ1v) is 6.17. The predicted molar refractivity (Wildman–Crippen MR) is 67.5 cm³/mol. The van der Waals surface area contributed by atoms with Crippen LogP contribution in [0.5, 0.6) is 0 Å². The van der Waals surface area contributed by atoms with Crippen molar-refractivity contribution in [3.05, 3.63) is 17.8 Å². The Balaban J connectivity index is 1.82. The number of nitrogens with zero attached hydrogens (tertiary/aromatic N) is 2.